The van der Waals surface area contributed by atoms with Gasteiger partial charge in [0.15, 0.2) is 0 Å². The summed E-state index contributed by atoms with van der Waals surface area (Å²) in [6.45, 7) is 0.963. The number of rotatable bonds is 3. The lowest BCUT2D eigenvalue weighted by Crippen LogP contribution is -2.10. The van der Waals surface area contributed by atoms with Gasteiger partial charge in [0.1, 0.15) is 12.4 Å². The van der Waals surface area contributed by atoms with E-state index >= 15 is 0 Å². The van der Waals surface area contributed by atoms with Gasteiger partial charge in [-0.2, -0.15) is 5.26 Å². The quantitative estimate of drug-likeness (QED) is 0.847. The standard InChI is InChI=1S/C13H12N2O/c14-7-8-16-13-6-5-10(9-15)11-3-1-2-4-12(11)13/h1-6H,7-8,14H2. The topological polar surface area (TPSA) is 59.0 Å². The van der Waals surface area contributed by atoms with Crippen molar-refractivity contribution in [3.8, 4) is 11.8 Å². The van der Waals surface area contributed by atoms with Gasteiger partial charge in [-0.1, -0.05) is 24.3 Å². The van der Waals surface area contributed by atoms with Crippen molar-refractivity contribution in [1.82, 2.24) is 0 Å². The molecular weight excluding hydrogens is 200 g/mol. The van der Waals surface area contributed by atoms with Crippen LogP contribution < -0.4 is 10.5 Å². The Morgan fingerprint density at radius 1 is 1.12 bits per heavy atom. The molecule has 2 rings (SSSR count). The number of nitrogens with zero attached hydrogens (tertiary/aromatic N) is 1. The fraction of sp³-hybridized carbons (Fsp3) is 0.154. The van der Waals surface area contributed by atoms with Crippen LogP contribution in [0.2, 0.25) is 0 Å². The highest BCUT2D eigenvalue weighted by Crippen LogP contribution is 2.27. The molecule has 0 fully saturated rings. The number of benzene rings is 2. The van der Waals surface area contributed by atoms with E-state index in [-0.39, 0.29) is 0 Å². The van der Waals surface area contributed by atoms with E-state index in [4.69, 9.17) is 15.7 Å². The highest BCUT2D eigenvalue weighted by Gasteiger charge is 2.05. The zero-order valence-corrected chi connectivity index (χ0v) is 8.81. The van der Waals surface area contributed by atoms with Crippen LogP contribution in [-0.2, 0) is 0 Å². The van der Waals surface area contributed by atoms with Crippen LogP contribution >= 0.6 is 0 Å². The van der Waals surface area contributed by atoms with E-state index in [1.807, 2.05) is 30.3 Å². The van der Waals surface area contributed by atoms with Gasteiger partial charge in [0.2, 0.25) is 0 Å². The van der Waals surface area contributed by atoms with E-state index in [1.54, 1.807) is 6.07 Å². The van der Waals surface area contributed by atoms with Crippen molar-refractivity contribution in [2.45, 2.75) is 0 Å². The Hall–Kier alpha value is -2.05. The first-order chi connectivity index (χ1) is 7.86. The van der Waals surface area contributed by atoms with Gasteiger partial charge in [-0.15, -0.1) is 0 Å². The predicted octanol–water partition coefficient (Wildman–Crippen LogP) is 2.05. The number of fused-ring (bicyclic) bond motifs is 1. The second-order valence-corrected chi connectivity index (χ2v) is 3.41. The summed E-state index contributed by atoms with van der Waals surface area (Å²) in [7, 11) is 0. The lowest BCUT2D eigenvalue weighted by Gasteiger charge is -2.08. The maximum absolute atomic E-state index is 8.99. The third kappa shape index (κ3) is 1.83. The van der Waals surface area contributed by atoms with Crippen molar-refractivity contribution >= 4 is 10.8 Å². The molecule has 0 bridgehead atoms. The molecule has 0 aromatic heterocycles. The number of ether oxygens (including phenoxy) is 1. The van der Waals surface area contributed by atoms with Crippen LogP contribution in [0.4, 0.5) is 0 Å². The van der Waals surface area contributed by atoms with E-state index in [0.29, 0.717) is 18.7 Å². The molecule has 2 aromatic rings. The molecule has 2 aromatic carbocycles. The highest BCUT2D eigenvalue weighted by molar-refractivity contribution is 5.92. The first-order valence-electron chi connectivity index (χ1n) is 5.11. The molecule has 0 unspecified atom stereocenters. The van der Waals surface area contributed by atoms with Crippen LogP contribution in [0.3, 0.4) is 0 Å². The van der Waals surface area contributed by atoms with Crippen LogP contribution in [0.1, 0.15) is 5.56 Å². The van der Waals surface area contributed by atoms with Crippen LogP contribution in [0.5, 0.6) is 5.75 Å². The average Bonchev–Trinajstić information content (AvgIpc) is 2.36. The second-order valence-electron chi connectivity index (χ2n) is 3.41. The number of hydrogen-bond acceptors (Lipinski definition) is 3. The molecule has 0 aliphatic rings. The summed E-state index contributed by atoms with van der Waals surface area (Å²) in [5.74, 6) is 0.778. The Labute approximate surface area is 94.1 Å². The van der Waals surface area contributed by atoms with Crippen molar-refractivity contribution in [3.05, 3.63) is 42.0 Å². The minimum Gasteiger partial charge on any atom is -0.492 e. The fourth-order valence-corrected chi connectivity index (χ4v) is 1.66. The molecule has 3 heteroatoms. The van der Waals surface area contributed by atoms with Gasteiger partial charge < -0.3 is 10.5 Å². The summed E-state index contributed by atoms with van der Waals surface area (Å²) in [6, 6.07) is 13.5. The summed E-state index contributed by atoms with van der Waals surface area (Å²) in [6.07, 6.45) is 0. The predicted molar refractivity (Wildman–Crippen MR) is 63.2 cm³/mol. The smallest absolute Gasteiger partial charge is 0.127 e. The molecule has 16 heavy (non-hydrogen) atoms. The molecule has 0 heterocycles. The van der Waals surface area contributed by atoms with Gasteiger partial charge in [-0.3, -0.25) is 0 Å². The molecular formula is C13H12N2O. The van der Waals surface area contributed by atoms with Crippen molar-refractivity contribution < 1.29 is 4.74 Å². The molecule has 0 saturated carbocycles. The SMILES string of the molecule is N#Cc1ccc(OCCN)c2ccccc12. The molecule has 0 aliphatic heterocycles. The molecule has 0 amide bonds. The maximum Gasteiger partial charge on any atom is 0.127 e. The Morgan fingerprint density at radius 2 is 1.88 bits per heavy atom. The van der Waals surface area contributed by atoms with Crippen molar-refractivity contribution in [2.75, 3.05) is 13.2 Å². The molecule has 3 nitrogen and oxygen atoms in total. The number of nitrogens with two attached hydrogens (primary N) is 1. The van der Waals surface area contributed by atoms with Crippen molar-refractivity contribution in [3.63, 3.8) is 0 Å². The van der Waals surface area contributed by atoms with Gasteiger partial charge in [-0.05, 0) is 12.1 Å². The van der Waals surface area contributed by atoms with E-state index in [1.165, 1.54) is 0 Å². The van der Waals surface area contributed by atoms with Crippen LogP contribution in [0, 0.1) is 11.3 Å². The normalized spacial score (nSPS) is 10.0. The maximum atomic E-state index is 8.99. The molecule has 80 valence electrons. The number of nitriles is 1. The Kier molecular flexibility index (Phi) is 3.04. The largest absolute Gasteiger partial charge is 0.492 e. The first-order valence-corrected chi connectivity index (χ1v) is 5.11. The molecule has 0 aliphatic carbocycles. The highest BCUT2D eigenvalue weighted by atomic mass is 16.5. The van der Waals surface area contributed by atoms with E-state index in [0.717, 1.165) is 16.5 Å². The van der Waals surface area contributed by atoms with Gasteiger partial charge in [0.25, 0.3) is 0 Å². The third-order valence-corrected chi connectivity index (χ3v) is 2.38. The summed E-state index contributed by atoms with van der Waals surface area (Å²) in [5.41, 5.74) is 6.06. The van der Waals surface area contributed by atoms with Crippen LogP contribution in [0.15, 0.2) is 36.4 Å². The average molecular weight is 212 g/mol. The van der Waals surface area contributed by atoms with Crippen LogP contribution in [-0.4, -0.2) is 13.2 Å². The molecule has 2 N–H and O–H groups in total. The van der Waals surface area contributed by atoms with E-state index < -0.39 is 0 Å². The summed E-state index contributed by atoms with van der Waals surface area (Å²) in [4.78, 5) is 0. The van der Waals surface area contributed by atoms with Gasteiger partial charge in [-0.25, -0.2) is 0 Å². The van der Waals surface area contributed by atoms with Gasteiger partial charge in [0, 0.05) is 17.3 Å². The third-order valence-electron chi connectivity index (χ3n) is 2.38. The summed E-state index contributed by atoms with van der Waals surface area (Å²) < 4.78 is 5.53. The van der Waals surface area contributed by atoms with E-state index in [2.05, 4.69) is 6.07 Å². The molecule has 0 spiro atoms. The Morgan fingerprint density at radius 3 is 2.56 bits per heavy atom. The van der Waals surface area contributed by atoms with E-state index in [9.17, 15) is 0 Å². The van der Waals surface area contributed by atoms with Gasteiger partial charge in [0.05, 0.1) is 11.6 Å². The zero-order chi connectivity index (χ0) is 11.4. The molecule has 0 radical (unpaired) electrons. The minimum atomic E-state index is 0.480. The molecule has 0 atom stereocenters. The van der Waals surface area contributed by atoms with Crippen molar-refractivity contribution in [2.24, 2.45) is 5.73 Å². The summed E-state index contributed by atoms with van der Waals surface area (Å²) >= 11 is 0. The monoisotopic (exact) mass is 212 g/mol. The minimum absolute atomic E-state index is 0.480. The zero-order valence-electron chi connectivity index (χ0n) is 8.81. The second kappa shape index (κ2) is 4.65. The molecule has 0 saturated heterocycles. The van der Waals surface area contributed by atoms with Crippen LogP contribution in [0.25, 0.3) is 10.8 Å². The van der Waals surface area contributed by atoms with Crippen molar-refractivity contribution in [1.29, 1.82) is 5.26 Å². The summed E-state index contributed by atoms with van der Waals surface area (Å²) in [5, 5.41) is 10.9. The van der Waals surface area contributed by atoms with Gasteiger partial charge >= 0.3 is 0 Å². The lowest BCUT2D eigenvalue weighted by atomic mass is 10.0. The fourth-order valence-electron chi connectivity index (χ4n) is 1.66. The Bertz CT molecular complexity index is 543. The lowest BCUT2D eigenvalue weighted by molar-refractivity contribution is 0.332. The first kappa shape index (κ1) is 10.5. The Balaban J connectivity index is 2.57. The number of hydrogen-bond donors (Lipinski definition) is 1.